The first-order valence-electron chi connectivity index (χ1n) is 11.7. The van der Waals surface area contributed by atoms with Gasteiger partial charge in [-0.15, -0.1) is 10.2 Å². The van der Waals surface area contributed by atoms with Gasteiger partial charge in [0.25, 0.3) is 11.5 Å². The number of ketones is 1. The van der Waals surface area contributed by atoms with Crippen molar-refractivity contribution in [3.8, 4) is 5.75 Å². The van der Waals surface area contributed by atoms with Gasteiger partial charge in [-0.3, -0.25) is 24.6 Å². The summed E-state index contributed by atoms with van der Waals surface area (Å²) in [6.07, 6.45) is 0. The van der Waals surface area contributed by atoms with Crippen molar-refractivity contribution in [2.45, 2.75) is 16.1 Å². The van der Waals surface area contributed by atoms with Crippen molar-refractivity contribution in [2.24, 2.45) is 0 Å². The van der Waals surface area contributed by atoms with Gasteiger partial charge >= 0.3 is 5.91 Å². The molecule has 202 valence electrons. The summed E-state index contributed by atoms with van der Waals surface area (Å²) in [6, 6.07) is 16.5. The highest BCUT2D eigenvalue weighted by molar-refractivity contribution is 8.00. The molecule has 4 aromatic rings. The fraction of sp³-hybridized carbons (Fsp3) is 0.111. The molecule has 1 unspecified atom stereocenters. The Bertz CT molecular complexity index is 1620. The second kappa shape index (κ2) is 11.2. The molecule has 0 saturated carbocycles. The number of nitro groups is 1. The molecule has 1 atom stereocenters. The molecule has 10 nitrogen and oxygen atoms in total. The second-order valence-electron chi connectivity index (χ2n) is 8.51. The molecule has 0 radical (unpaired) electrons. The van der Waals surface area contributed by atoms with Crippen LogP contribution in [0, 0.1) is 15.9 Å². The lowest BCUT2D eigenvalue weighted by Gasteiger charge is -2.22. The third kappa shape index (κ3) is 5.28. The van der Waals surface area contributed by atoms with Crippen LogP contribution in [0.3, 0.4) is 0 Å². The lowest BCUT2D eigenvalue weighted by Crippen LogP contribution is -2.29. The minimum absolute atomic E-state index is 0.112. The van der Waals surface area contributed by atoms with Gasteiger partial charge in [0.1, 0.15) is 17.3 Å². The molecule has 3 aromatic carbocycles. The number of carbonyl (C=O) groups excluding carboxylic acids is 2. The fourth-order valence-electron chi connectivity index (χ4n) is 4.11. The van der Waals surface area contributed by atoms with Crippen LogP contribution in [0.25, 0.3) is 5.76 Å². The Morgan fingerprint density at radius 3 is 2.38 bits per heavy atom. The molecule has 2 heterocycles. The van der Waals surface area contributed by atoms with Crippen molar-refractivity contribution in [2.75, 3.05) is 12.0 Å². The fourth-order valence-corrected chi connectivity index (χ4v) is 5.94. The van der Waals surface area contributed by atoms with Crippen LogP contribution in [0.1, 0.15) is 22.7 Å². The summed E-state index contributed by atoms with van der Waals surface area (Å²) in [5.74, 6) is -1.62. The van der Waals surface area contributed by atoms with Crippen LogP contribution >= 0.6 is 23.1 Å². The summed E-state index contributed by atoms with van der Waals surface area (Å²) < 4.78 is 18.9. The average Bonchev–Trinajstić information content (AvgIpc) is 3.54. The SMILES string of the molecule is COc1ccc(/C(O)=C2/C(=O)C(=O)N(c3nnc(SCc4ccc(F)cc4)s3)C2c2ccc([N+](=O)[O-])cc2)cc1. The average molecular weight is 579 g/mol. The highest BCUT2D eigenvalue weighted by Crippen LogP contribution is 2.44. The summed E-state index contributed by atoms with van der Waals surface area (Å²) in [5.41, 5.74) is 1.12. The number of halogens is 1. The van der Waals surface area contributed by atoms with Gasteiger partial charge < -0.3 is 9.84 Å². The quantitative estimate of drug-likeness (QED) is 0.0546. The topological polar surface area (TPSA) is 136 Å². The third-order valence-electron chi connectivity index (χ3n) is 6.10. The predicted octanol–water partition coefficient (Wildman–Crippen LogP) is 5.51. The van der Waals surface area contributed by atoms with E-state index >= 15 is 0 Å². The first-order chi connectivity index (χ1) is 19.3. The van der Waals surface area contributed by atoms with E-state index in [-0.39, 0.29) is 27.8 Å². The Morgan fingerprint density at radius 2 is 1.75 bits per heavy atom. The zero-order valence-electron chi connectivity index (χ0n) is 20.7. The maximum Gasteiger partial charge on any atom is 0.301 e. The number of Topliss-reactive ketones (excluding diaryl/α,β-unsaturated/α-hetero) is 1. The van der Waals surface area contributed by atoms with E-state index in [0.717, 1.165) is 21.8 Å². The number of hydrogen-bond donors (Lipinski definition) is 1. The van der Waals surface area contributed by atoms with Gasteiger partial charge in [0.2, 0.25) is 5.13 Å². The van der Waals surface area contributed by atoms with Gasteiger partial charge in [-0.2, -0.15) is 0 Å². The number of benzene rings is 3. The Labute approximate surface area is 234 Å². The highest BCUT2D eigenvalue weighted by atomic mass is 32.2. The third-order valence-corrected chi connectivity index (χ3v) is 8.23. The number of non-ortho nitro benzene ring substituents is 1. The van der Waals surface area contributed by atoms with Crippen molar-refractivity contribution in [3.63, 3.8) is 0 Å². The summed E-state index contributed by atoms with van der Waals surface area (Å²) in [5, 5.41) is 30.8. The maximum atomic E-state index is 13.3. The largest absolute Gasteiger partial charge is 0.507 e. The molecule has 1 aliphatic rings. The smallest absolute Gasteiger partial charge is 0.301 e. The van der Waals surface area contributed by atoms with Crippen molar-refractivity contribution in [1.29, 1.82) is 0 Å². The number of rotatable bonds is 8. The molecule has 0 spiro atoms. The van der Waals surface area contributed by atoms with Gasteiger partial charge in [-0.1, -0.05) is 35.2 Å². The zero-order chi connectivity index (χ0) is 28.4. The number of aliphatic hydroxyl groups excluding tert-OH is 1. The van der Waals surface area contributed by atoms with E-state index in [1.54, 1.807) is 36.4 Å². The van der Waals surface area contributed by atoms with E-state index in [1.807, 2.05) is 0 Å². The Balaban J connectivity index is 1.54. The minimum Gasteiger partial charge on any atom is -0.507 e. The van der Waals surface area contributed by atoms with E-state index < -0.39 is 28.4 Å². The molecule has 40 heavy (non-hydrogen) atoms. The van der Waals surface area contributed by atoms with Gasteiger partial charge in [0.05, 0.1) is 23.6 Å². The Kier molecular flexibility index (Phi) is 7.58. The zero-order valence-corrected chi connectivity index (χ0v) is 22.3. The maximum absolute atomic E-state index is 13.3. The van der Waals surface area contributed by atoms with E-state index in [2.05, 4.69) is 10.2 Å². The summed E-state index contributed by atoms with van der Waals surface area (Å²) in [6.45, 7) is 0. The number of aliphatic hydroxyl groups is 1. The number of thioether (sulfide) groups is 1. The van der Waals surface area contributed by atoms with E-state index in [0.29, 0.717) is 21.4 Å². The van der Waals surface area contributed by atoms with Crippen LogP contribution < -0.4 is 9.64 Å². The number of ether oxygens (including phenoxy) is 1. The van der Waals surface area contributed by atoms with Crippen LogP contribution in [0.15, 0.2) is 82.7 Å². The Hall–Kier alpha value is -4.62. The first kappa shape index (κ1) is 27.0. The molecule has 0 bridgehead atoms. The van der Waals surface area contributed by atoms with Gasteiger partial charge in [-0.25, -0.2) is 4.39 Å². The van der Waals surface area contributed by atoms with Crippen molar-refractivity contribution >= 4 is 51.4 Å². The monoisotopic (exact) mass is 578 g/mol. The molecule has 1 aromatic heterocycles. The van der Waals surface area contributed by atoms with Crippen LogP contribution in [0.4, 0.5) is 15.2 Å². The number of nitro benzene ring substituents is 1. The highest BCUT2D eigenvalue weighted by Gasteiger charge is 2.48. The standard InChI is InChI=1S/C27H19FN4O6S2/c1-38-20-12-6-17(7-13-20)23(33)21-22(16-4-10-19(11-5-16)32(36)37)31(25(35)24(21)34)26-29-30-27(40-26)39-14-15-2-8-18(28)9-3-15/h2-13,22,33H,14H2,1H3/b23-21-. The van der Waals surface area contributed by atoms with Gasteiger partial charge in [-0.05, 0) is 59.7 Å². The number of anilines is 1. The first-order valence-corrected chi connectivity index (χ1v) is 13.5. The van der Waals surface area contributed by atoms with E-state index in [1.165, 1.54) is 55.3 Å². The van der Waals surface area contributed by atoms with Gasteiger partial charge in [0, 0.05) is 23.4 Å². The van der Waals surface area contributed by atoms with Crippen molar-refractivity contribution in [3.05, 3.63) is 111 Å². The molecule has 1 saturated heterocycles. The molecule has 1 fully saturated rings. The van der Waals surface area contributed by atoms with Crippen LogP contribution in [0.5, 0.6) is 5.75 Å². The number of amides is 1. The molecule has 13 heteroatoms. The summed E-state index contributed by atoms with van der Waals surface area (Å²) in [4.78, 5) is 38.4. The molecular weight excluding hydrogens is 559 g/mol. The lowest BCUT2D eigenvalue weighted by atomic mass is 9.95. The molecule has 1 aliphatic heterocycles. The predicted molar refractivity (Wildman–Crippen MR) is 147 cm³/mol. The number of methoxy groups -OCH3 is 1. The van der Waals surface area contributed by atoms with E-state index in [9.17, 15) is 29.2 Å². The van der Waals surface area contributed by atoms with Crippen LogP contribution in [-0.2, 0) is 15.3 Å². The van der Waals surface area contributed by atoms with Crippen molar-refractivity contribution in [1.82, 2.24) is 10.2 Å². The summed E-state index contributed by atoms with van der Waals surface area (Å²) in [7, 11) is 1.49. The van der Waals surface area contributed by atoms with E-state index in [4.69, 9.17) is 4.74 Å². The van der Waals surface area contributed by atoms with Gasteiger partial charge in [0.15, 0.2) is 4.34 Å². The van der Waals surface area contributed by atoms with Crippen molar-refractivity contribution < 1.29 is 28.7 Å². The van der Waals surface area contributed by atoms with Crippen LogP contribution in [-0.4, -0.2) is 39.0 Å². The molecule has 1 amide bonds. The lowest BCUT2D eigenvalue weighted by molar-refractivity contribution is -0.384. The van der Waals surface area contributed by atoms with Crippen LogP contribution in [0.2, 0.25) is 0 Å². The summed E-state index contributed by atoms with van der Waals surface area (Å²) >= 11 is 2.39. The minimum atomic E-state index is -1.12. The molecule has 5 rings (SSSR count). The number of aromatic nitrogens is 2. The number of hydrogen-bond acceptors (Lipinski definition) is 10. The number of nitrogens with zero attached hydrogens (tertiary/aromatic N) is 4. The normalized spacial score (nSPS) is 16.4. The second-order valence-corrected chi connectivity index (χ2v) is 10.7. The molecule has 0 aliphatic carbocycles. The molecule has 1 N–H and O–H groups in total. The molecular formula is C27H19FN4O6S2. The Morgan fingerprint density at radius 1 is 1.07 bits per heavy atom. The number of carbonyl (C=O) groups is 2.